The molecule has 3 rings (SSSR count). The predicted molar refractivity (Wildman–Crippen MR) is 80.8 cm³/mol. The number of rotatable bonds is 2. The van der Waals surface area contributed by atoms with E-state index in [2.05, 4.69) is 16.8 Å². The molecule has 0 N–H and O–H groups in total. The number of amides is 1. The van der Waals surface area contributed by atoms with Gasteiger partial charge in [-0.25, -0.2) is 4.39 Å². The number of likely N-dealkylation sites (tertiary alicyclic amines) is 1. The van der Waals surface area contributed by atoms with Crippen LogP contribution in [0.5, 0.6) is 0 Å². The fourth-order valence-electron chi connectivity index (χ4n) is 3.23. The van der Waals surface area contributed by atoms with Crippen molar-refractivity contribution >= 4 is 11.6 Å². The van der Waals surface area contributed by atoms with Crippen LogP contribution in [0.15, 0.2) is 24.3 Å². The minimum Gasteiger partial charge on any atom is -0.368 e. The number of carbonyl (C=O) groups is 1. The Balaban J connectivity index is 1.55. The van der Waals surface area contributed by atoms with Gasteiger partial charge in [0.25, 0.3) is 0 Å². The quantitative estimate of drug-likeness (QED) is 0.825. The summed E-state index contributed by atoms with van der Waals surface area (Å²) in [7, 11) is 2.07. The average molecular weight is 291 g/mol. The van der Waals surface area contributed by atoms with Crippen molar-refractivity contribution < 1.29 is 9.18 Å². The summed E-state index contributed by atoms with van der Waals surface area (Å²) in [6.45, 7) is 5.07. The van der Waals surface area contributed by atoms with Gasteiger partial charge in [0.1, 0.15) is 5.82 Å². The maximum atomic E-state index is 13.0. The summed E-state index contributed by atoms with van der Waals surface area (Å²) < 4.78 is 13.0. The van der Waals surface area contributed by atoms with Gasteiger partial charge in [0.2, 0.25) is 5.91 Å². The summed E-state index contributed by atoms with van der Waals surface area (Å²) in [6, 6.07) is 6.58. The summed E-state index contributed by atoms with van der Waals surface area (Å²) in [6.07, 6.45) is 0.980. The molecule has 0 aliphatic carbocycles. The Morgan fingerprint density at radius 1 is 1.10 bits per heavy atom. The van der Waals surface area contributed by atoms with Crippen molar-refractivity contribution in [2.24, 2.45) is 5.92 Å². The number of carbonyl (C=O) groups excluding carboxylic acids is 1. The number of hydrogen-bond acceptors (Lipinski definition) is 3. The Hall–Kier alpha value is -1.62. The molecule has 2 aliphatic rings. The Kier molecular flexibility index (Phi) is 4.10. The molecule has 21 heavy (non-hydrogen) atoms. The molecule has 5 heteroatoms. The highest BCUT2D eigenvalue weighted by molar-refractivity contribution is 5.79. The highest BCUT2D eigenvalue weighted by Crippen LogP contribution is 2.20. The van der Waals surface area contributed by atoms with Gasteiger partial charge in [0.05, 0.1) is 5.92 Å². The topological polar surface area (TPSA) is 26.8 Å². The van der Waals surface area contributed by atoms with E-state index in [0.29, 0.717) is 5.91 Å². The third-order valence-corrected chi connectivity index (χ3v) is 4.52. The number of hydrogen-bond donors (Lipinski definition) is 0. The van der Waals surface area contributed by atoms with Crippen LogP contribution in [0, 0.1) is 11.7 Å². The molecule has 1 aromatic carbocycles. The second kappa shape index (κ2) is 6.02. The summed E-state index contributed by atoms with van der Waals surface area (Å²) in [5, 5.41) is 0. The van der Waals surface area contributed by atoms with E-state index in [-0.39, 0.29) is 11.7 Å². The minimum atomic E-state index is -0.210. The van der Waals surface area contributed by atoms with E-state index >= 15 is 0 Å². The molecule has 0 spiro atoms. The molecule has 1 unspecified atom stereocenters. The van der Waals surface area contributed by atoms with E-state index in [0.717, 1.165) is 51.4 Å². The molecule has 1 atom stereocenters. The average Bonchev–Trinajstić information content (AvgIpc) is 2.94. The molecule has 0 aromatic heterocycles. The highest BCUT2D eigenvalue weighted by atomic mass is 19.1. The van der Waals surface area contributed by atoms with E-state index in [1.54, 1.807) is 12.1 Å². The molecule has 2 fully saturated rings. The number of anilines is 1. The van der Waals surface area contributed by atoms with Crippen molar-refractivity contribution in [3.63, 3.8) is 0 Å². The first-order valence-electron chi connectivity index (χ1n) is 7.61. The first-order chi connectivity index (χ1) is 10.1. The van der Waals surface area contributed by atoms with E-state index in [4.69, 9.17) is 0 Å². The van der Waals surface area contributed by atoms with Crippen molar-refractivity contribution in [1.29, 1.82) is 0 Å². The Bertz CT molecular complexity index is 497. The fourth-order valence-corrected chi connectivity index (χ4v) is 3.23. The molecule has 0 saturated carbocycles. The lowest BCUT2D eigenvalue weighted by Crippen LogP contribution is -2.50. The Morgan fingerprint density at radius 2 is 1.76 bits per heavy atom. The maximum absolute atomic E-state index is 13.0. The Morgan fingerprint density at radius 3 is 2.33 bits per heavy atom. The molecule has 0 radical (unpaired) electrons. The molecule has 4 nitrogen and oxygen atoms in total. The van der Waals surface area contributed by atoms with Crippen molar-refractivity contribution in [3.8, 4) is 0 Å². The van der Waals surface area contributed by atoms with Crippen LogP contribution in [0.4, 0.5) is 10.1 Å². The van der Waals surface area contributed by atoms with Crippen LogP contribution in [0.2, 0.25) is 0 Å². The van der Waals surface area contributed by atoms with Gasteiger partial charge in [-0.2, -0.15) is 0 Å². The molecule has 1 amide bonds. The standard InChI is InChI=1S/C16H22FN3O/c1-18-7-6-13(12-18)16(21)20-10-8-19(9-11-20)15-4-2-14(17)3-5-15/h2-5,13H,6-12H2,1H3. The predicted octanol–water partition coefficient (Wildman–Crippen LogP) is 1.43. The molecule has 2 aliphatic heterocycles. The van der Waals surface area contributed by atoms with Gasteiger partial charge in [-0.3, -0.25) is 4.79 Å². The van der Waals surface area contributed by atoms with Crippen molar-refractivity contribution in [2.45, 2.75) is 6.42 Å². The second-order valence-corrected chi connectivity index (χ2v) is 6.04. The zero-order valence-electron chi connectivity index (χ0n) is 12.5. The van der Waals surface area contributed by atoms with Crippen LogP contribution >= 0.6 is 0 Å². The smallest absolute Gasteiger partial charge is 0.227 e. The van der Waals surface area contributed by atoms with E-state index < -0.39 is 0 Å². The molecule has 2 heterocycles. The van der Waals surface area contributed by atoms with Crippen LogP contribution in [0.3, 0.4) is 0 Å². The highest BCUT2D eigenvalue weighted by Gasteiger charge is 2.31. The maximum Gasteiger partial charge on any atom is 0.227 e. The van der Waals surface area contributed by atoms with Crippen molar-refractivity contribution in [2.75, 3.05) is 51.2 Å². The summed E-state index contributed by atoms with van der Waals surface area (Å²) in [5.41, 5.74) is 1.03. The van der Waals surface area contributed by atoms with Gasteiger partial charge < -0.3 is 14.7 Å². The molecule has 2 saturated heterocycles. The van der Waals surface area contributed by atoms with Crippen LogP contribution in [0.25, 0.3) is 0 Å². The SMILES string of the molecule is CN1CCC(C(=O)N2CCN(c3ccc(F)cc3)CC2)C1. The zero-order valence-corrected chi connectivity index (χ0v) is 12.5. The molecular weight excluding hydrogens is 269 g/mol. The van der Waals surface area contributed by atoms with Crippen molar-refractivity contribution in [3.05, 3.63) is 30.1 Å². The van der Waals surface area contributed by atoms with Crippen LogP contribution in [-0.4, -0.2) is 62.0 Å². The number of nitrogens with zero attached hydrogens (tertiary/aromatic N) is 3. The van der Waals surface area contributed by atoms with E-state index in [9.17, 15) is 9.18 Å². The van der Waals surface area contributed by atoms with E-state index in [1.165, 1.54) is 12.1 Å². The first kappa shape index (κ1) is 14.3. The van der Waals surface area contributed by atoms with Gasteiger partial charge in [-0.15, -0.1) is 0 Å². The summed E-state index contributed by atoms with van der Waals surface area (Å²) in [5.74, 6) is 0.267. The lowest BCUT2D eigenvalue weighted by atomic mass is 10.1. The molecule has 1 aromatic rings. The molecular formula is C16H22FN3O. The van der Waals surface area contributed by atoms with Crippen molar-refractivity contribution in [1.82, 2.24) is 9.80 Å². The van der Waals surface area contributed by atoms with Gasteiger partial charge in [0.15, 0.2) is 0 Å². The Labute approximate surface area is 125 Å². The largest absolute Gasteiger partial charge is 0.368 e. The summed E-state index contributed by atoms with van der Waals surface area (Å²) in [4.78, 5) is 18.9. The first-order valence-corrected chi connectivity index (χ1v) is 7.61. The van der Waals surface area contributed by atoms with Gasteiger partial charge in [-0.1, -0.05) is 0 Å². The van der Waals surface area contributed by atoms with Crippen LogP contribution < -0.4 is 4.90 Å². The van der Waals surface area contributed by atoms with Gasteiger partial charge in [0, 0.05) is 38.4 Å². The third-order valence-electron chi connectivity index (χ3n) is 4.52. The number of halogens is 1. The molecule has 0 bridgehead atoms. The minimum absolute atomic E-state index is 0.173. The monoisotopic (exact) mass is 291 g/mol. The number of benzene rings is 1. The fraction of sp³-hybridized carbons (Fsp3) is 0.562. The van der Waals surface area contributed by atoms with Crippen LogP contribution in [-0.2, 0) is 4.79 Å². The second-order valence-electron chi connectivity index (χ2n) is 6.04. The normalized spacial score (nSPS) is 23.6. The lowest BCUT2D eigenvalue weighted by Gasteiger charge is -2.37. The summed E-state index contributed by atoms with van der Waals surface area (Å²) >= 11 is 0. The van der Waals surface area contributed by atoms with Gasteiger partial charge in [-0.05, 0) is 44.3 Å². The van der Waals surface area contributed by atoms with Gasteiger partial charge >= 0.3 is 0 Å². The third kappa shape index (κ3) is 3.18. The van der Waals surface area contributed by atoms with E-state index in [1.807, 2.05) is 4.90 Å². The number of piperazine rings is 1. The molecule has 114 valence electrons. The lowest BCUT2D eigenvalue weighted by molar-refractivity contribution is -0.135. The van der Waals surface area contributed by atoms with Crippen LogP contribution in [0.1, 0.15) is 6.42 Å². The zero-order chi connectivity index (χ0) is 14.8.